The van der Waals surface area contributed by atoms with Crippen LogP contribution in [-0.4, -0.2) is 26.1 Å². The standard InChI is InChI=1S/C13H14FN3O2/c1-2-3-8-17-12(11(13(18)19)15-16-17)9-6-4-5-7-10(9)14/h4-7H,2-3,8H2,1H3,(H,18,19). The van der Waals surface area contributed by atoms with Crippen LogP contribution in [0.1, 0.15) is 30.3 Å². The van der Waals surface area contributed by atoms with E-state index in [1.165, 1.54) is 16.8 Å². The number of hydrogen-bond donors (Lipinski definition) is 1. The SMILES string of the molecule is CCCCn1nnc(C(=O)O)c1-c1ccccc1F. The molecule has 5 nitrogen and oxygen atoms in total. The predicted octanol–water partition coefficient (Wildman–Crippen LogP) is 2.58. The second-order valence-electron chi connectivity index (χ2n) is 4.15. The third-order valence-electron chi connectivity index (χ3n) is 2.79. The fraction of sp³-hybridized carbons (Fsp3) is 0.308. The van der Waals surface area contributed by atoms with E-state index in [-0.39, 0.29) is 17.0 Å². The molecule has 0 bridgehead atoms. The van der Waals surface area contributed by atoms with Crippen molar-refractivity contribution in [3.05, 3.63) is 35.8 Å². The topological polar surface area (TPSA) is 68.0 Å². The van der Waals surface area contributed by atoms with Gasteiger partial charge in [-0.15, -0.1) is 5.10 Å². The lowest BCUT2D eigenvalue weighted by molar-refractivity contribution is 0.0691. The van der Waals surface area contributed by atoms with E-state index in [0.717, 1.165) is 12.8 Å². The molecule has 0 aliphatic rings. The van der Waals surface area contributed by atoms with Crippen molar-refractivity contribution in [1.29, 1.82) is 0 Å². The highest BCUT2D eigenvalue weighted by atomic mass is 19.1. The first kappa shape index (κ1) is 13.2. The summed E-state index contributed by atoms with van der Waals surface area (Å²) in [6, 6.07) is 6.03. The Hall–Kier alpha value is -2.24. The molecule has 0 atom stereocenters. The molecule has 1 heterocycles. The lowest BCUT2D eigenvalue weighted by atomic mass is 10.1. The average Bonchev–Trinajstić information content (AvgIpc) is 2.80. The number of aromatic nitrogens is 3. The summed E-state index contributed by atoms with van der Waals surface area (Å²) in [5.74, 6) is -1.69. The smallest absolute Gasteiger partial charge is 0.358 e. The minimum atomic E-state index is -1.21. The maximum atomic E-state index is 13.8. The summed E-state index contributed by atoms with van der Waals surface area (Å²) in [6.45, 7) is 2.53. The van der Waals surface area contributed by atoms with Gasteiger partial charge in [0, 0.05) is 12.1 Å². The molecular weight excluding hydrogens is 249 g/mol. The van der Waals surface area contributed by atoms with Crippen LogP contribution in [0.5, 0.6) is 0 Å². The van der Waals surface area contributed by atoms with E-state index in [0.29, 0.717) is 6.54 Å². The summed E-state index contributed by atoms with van der Waals surface area (Å²) in [5.41, 5.74) is 0.209. The van der Waals surface area contributed by atoms with Crippen LogP contribution in [-0.2, 0) is 6.54 Å². The Morgan fingerprint density at radius 3 is 2.79 bits per heavy atom. The Morgan fingerprint density at radius 2 is 2.16 bits per heavy atom. The Labute approximate surface area is 109 Å². The number of carboxylic acid groups (broad SMARTS) is 1. The van der Waals surface area contributed by atoms with E-state index in [1.54, 1.807) is 12.1 Å². The zero-order valence-electron chi connectivity index (χ0n) is 10.5. The van der Waals surface area contributed by atoms with Crippen molar-refractivity contribution < 1.29 is 14.3 Å². The normalized spacial score (nSPS) is 10.6. The number of hydrogen-bond acceptors (Lipinski definition) is 3. The molecule has 0 aliphatic heterocycles. The van der Waals surface area contributed by atoms with E-state index < -0.39 is 11.8 Å². The number of rotatable bonds is 5. The third kappa shape index (κ3) is 2.62. The van der Waals surface area contributed by atoms with Gasteiger partial charge in [-0.25, -0.2) is 13.9 Å². The summed E-state index contributed by atoms with van der Waals surface area (Å²) in [4.78, 5) is 11.2. The van der Waals surface area contributed by atoms with E-state index in [9.17, 15) is 9.18 Å². The summed E-state index contributed by atoms with van der Waals surface area (Å²) < 4.78 is 15.3. The quantitative estimate of drug-likeness (QED) is 0.900. The van der Waals surface area contributed by atoms with Gasteiger partial charge in [0.25, 0.3) is 0 Å². The van der Waals surface area contributed by atoms with Crippen LogP contribution in [0.2, 0.25) is 0 Å². The molecule has 0 radical (unpaired) electrons. The molecule has 0 saturated heterocycles. The summed E-state index contributed by atoms with van der Waals surface area (Å²) in [7, 11) is 0. The largest absolute Gasteiger partial charge is 0.476 e. The van der Waals surface area contributed by atoms with Gasteiger partial charge in [-0.2, -0.15) is 0 Å². The first-order chi connectivity index (χ1) is 9.15. The van der Waals surface area contributed by atoms with Crippen molar-refractivity contribution in [1.82, 2.24) is 15.0 Å². The molecule has 2 aromatic rings. The number of benzene rings is 1. The number of carboxylic acids is 1. The maximum absolute atomic E-state index is 13.8. The van der Waals surface area contributed by atoms with Gasteiger partial charge < -0.3 is 5.11 Å². The number of nitrogens with zero attached hydrogens (tertiary/aromatic N) is 3. The van der Waals surface area contributed by atoms with Gasteiger partial charge in [-0.3, -0.25) is 0 Å². The Morgan fingerprint density at radius 1 is 1.42 bits per heavy atom. The average molecular weight is 263 g/mol. The molecule has 19 heavy (non-hydrogen) atoms. The van der Waals surface area contributed by atoms with Crippen LogP contribution in [0.3, 0.4) is 0 Å². The summed E-state index contributed by atoms with van der Waals surface area (Å²) >= 11 is 0. The highest BCUT2D eigenvalue weighted by molar-refractivity contribution is 5.92. The molecule has 1 aromatic carbocycles. The highest BCUT2D eigenvalue weighted by Crippen LogP contribution is 2.25. The molecule has 0 aliphatic carbocycles. The fourth-order valence-corrected chi connectivity index (χ4v) is 1.84. The van der Waals surface area contributed by atoms with E-state index in [1.807, 2.05) is 6.92 Å². The van der Waals surface area contributed by atoms with Crippen LogP contribution < -0.4 is 0 Å². The molecule has 0 spiro atoms. The zero-order chi connectivity index (χ0) is 13.8. The third-order valence-corrected chi connectivity index (χ3v) is 2.79. The van der Waals surface area contributed by atoms with Gasteiger partial charge >= 0.3 is 5.97 Å². The number of aromatic carboxylic acids is 1. The van der Waals surface area contributed by atoms with Crippen molar-refractivity contribution >= 4 is 5.97 Å². The van der Waals surface area contributed by atoms with Crippen molar-refractivity contribution in [2.24, 2.45) is 0 Å². The lowest BCUT2D eigenvalue weighted by Gasteiger charge is -2.07. The van der Waals surface area contributed by atoms with E-state index >= 15 is 0 Å². The molecule has 1 aromatic heterocycles. The predicted molar refractivity (Wildman–Crippen MR) is 67.3 cm³/mol. The maximum Gasteiger partial charge on any atom is 0.358 e. The molecular formula is C13H14FN3O2. The van der Waals surface area contributed by atoms with Crippen LogP contribution >= 0.6 is 0 Å². The highest BCUT2D eigenvalue weighted by Gasteiger charge is 2.22. The second-order valence-corrected chi connectivity index (χ2v) is 4.15. The number of aryl methyl sites for hydroxylation is 1. The van der Waals surface area contributed by atoms with Crippen LogP contribution in [0.4, 0.5) is 4.39 Å². The van der Waals surface area contributed by atoms with Crippen LogP contribution in [0.15, 0.2) is 24.3 Å². The van der Waals surface area contributed by atoms with Gasteiger partial charge in [-0.05, 0) is 18.6 Å². The Kier molecular flexibility index (Phi) is 3.89. The van der Waals surface area contributed by atoms with Crippen molar-refractivity contribution in [2.45, 2.75) is 26.3 Å². The molecule has 0 unspecified atom stereocenters. The molecule has 6 heteroatoms. The Bertz CT molecular complexity index is 595. The van der Waals surface area contributed by atoms with Gasteiger partial charge in [0.1, 0.15) is 11.5 Å². The summed E-state index contributed by atoms with van der Waals surface area (Å²) in [6.07, 6.45) is 1.75. The van der Waals surface area contributed by atoms with Gasteiger partial charge in [0.05, 0.1) is 0 Å². The summed E-state index contributed by atoms with van der Waals surface area (Å²) in [5, 5.41) is 16.6. The molecule has 0 saturated carbocycles. The first-order valence-corrected chi connectivity index (χ1v) is 6.06. The molecule has 0 fully saturated rings. The second kappa shape index (κ2) is 5.60. The van der Waals surface area contributed by atoms with E-state index in [4.69, 9.17) is 5.11 Å². The minimum Gasteiger partial charge on any atom is -0.476 e. The van der Waals surface area contributed by atoms with Crippen molar-refractivity contribution in [2.75, 3.05) is 0 Å². The Balaban J connectivity index is 2.55. The lowest BCUT2D eigenvalue weighted by Crippen LogP contribution is -2.06. The van der Waals surface area contributed by atoms with Gasteiger partial charge in [-0.1, -0.05) is 30.7 Å². The molecule has 100 valence electrons. The van der Waals surface area contributed by atoms with Gasteiger partial charge in [0.15, 0.2) is 5.69 Å². The van der Waals surface area contributed by atoms with Crippen LogP contribution in [0.25, 0.3) is 11.3 Å². The van der Waals surface area contributed by atoms with Gasteiger partial charge in [0.2, 0.25) is 0 Å². The molecule has 2 rings (SSSR count). The fourth-order valence-electron chi connectivity index (χ4n) is 1.84. The molecule has 1 N–H and O–H groups in total. The minimum absolute atomic E-state index is 0.209. The number of carbonyl (C=O) groups is 1. The number of halogens is 1. The monoisotopic (exact) mass is 263 g/mol. The van der Waals surface area contributed by atoms with Crippen molar-refractivity contribution in [3.63, 3.8) is 0 Å². The zero-order valence-corrected chi connectivity index (χ0v) is 10.5. The number of unbranched alkanes of at least 4 members (excludes halogenated alkanes) is 1. The van der Waals surface area contributed by atoms with Crippen molar-refractivity contribution in [3.8, 4) is 11.3 Å². The van der Waals surface area contributed by atoms with E-state index in [2.05, 4.69) is 10.3 Å². The van der Waals surface area contributed by atoms with Crippen LogP contribution in [0, 0.1) is 5.82 Å². The molecule has 0 amide bonds. The first-order valence-electron chi connectivity index (χ1n) is 6.06.